The number of aliphatic carboxylic acids is 3. The first-order valence-electron chi connectivity index (χ1n) is 18.9. The number of carbonyl (C=O) groups excluding carboxylic acids is 8. The van der Waals surface area contributed by atoms with E-state index in [0.717, 1.165) is 23.4 Å². The molecule has 1 aromatic carbocycles. The highest BCUT2D eigenvalue weighted by atomic mass is 31.2. The van der Waals surface area contributed by atoms with E-state index < -0.39 is 155 Å². The quantitative estimate of drug-likeness (QED) is 0.0371. The van der Waals surface area contributed by atoms with Crippen molar-refractivity contribution in [1.29, 1.82) is 0 Å². The predicted octanol–water partition coefficient (Wildman–Crippen LogP) is -5.62. The van der Waals surface area contributed by atoms with Crippen molar-refractivity contribution in [3.63, 3.8) is 0 Å². The molecule has 0 spiro atoms. The Morgan fingerprint density at radius 1 is 0.672 bits per heavy atom. The highest BCUT2D eigenvalue weighted by Gasteiger charge is 2.31. The number of hydrogen-bond acceptors (Lipinski definition) is 14. The van der Waals surface area contributed by atoms with Gasteiger partial charge >= 0.3 is 25.7 Å². The van der Waals surface area contributed by atoms with Crippen LogP contribution in [0.3, 0.4) is 0 Å². The topological polar surface area (TPSA) is 453 Å². The van der Waals surface area contributed by atoms with Gasteiger partial charge in [-0.05, 0) is 38.3 Å². The summed E-state index contributed by atoms with van der Waals surface area (Å²) < 4.78 is 15.6. The highest BCUT2D eigenvalue weighted by molar-refractivity contribution is 7.46. The lowest BCUT2D eigenvalue weighted by Gasteiger charge is -2.23. The maximum atomic E-state index is 13.0. The minimum atomic E-state index is -5.27. The van der Waals surface area contributed by atoms with Crippen LogP contribution in [0.4, 0.5) is 0 Å². The Morgan fingerprint density at radius 2 is 1.23 bits per heavy atom. The van der Waals surface area contributed by atoms with Gasteiger partial charge < -0.3 is 78.4 Å². The molecule has 64 heavy (non-hydrogen) atoms. The number of phosphoric ester groups is 1. The molecule has 0 aliphatic rings. The number of benzene rings is 1. The lowest BCUT2D eigenvalue weighted by atomic mass is 10.0. The lowest BCUT2D eigenvalue weighted by Crippen LogP contribution is -2.58. The summed E-state index contributed by atoms with van der Waals surface area (Å²) in [5.74, 6) is -13.0. The van der Waals surface area contributed by atoms with Crippen LogP contribution in [0.1, 0.15) is 38.7 Å². The van der Waals surface area contributed by atoms with Crippen LogP contribution >= 0.6 is 7.82 Å². The van der Waals surface area contributed by atoms with Crippen molar-refractivity contribution in [2.24, 2.45) is 5.73 Å². The zero-order valence-electron chi connectivity index (χ0n) is 34.1. The number of nitrogens with two attached hydrogens (primary N) is 1. The van der Waals surface area contributed by atoms with Crippen molar-refractivity contribution in [3.8, 4) is 0 Å². The number of aromatic nitrogens is 1. The maximum absolute atomic E-state index is 13.0. The van der Waals surface area contributed by atoms with E-state index in [-0.39, 0.29) is 6.42 Å². The third-order valence-electron chi connectivity index (χ3n) is 8.60. The van der Waals surface area contributed by atoms with Crippen molar-refractivity contribution in [1.82, 2.24) is 47.5 Å². The van der Waals surface area contributed by atoms with E-state index in [1.54, 1.807) is 6.20 Å². The summed E-state index contributed by atoms with van der Waals surface area (Å²) in [6.45, 7) is -1.35. The minimum Gasteiger partial charge on any atom is -0.481 e. The Hall–Kier alpha value is -7.00. The molecule has 16 N–H and O–H groups in total. The molecular weight excluding hydrogens is 879 g/mol. The molecule has 8 amide bonds. The number of para-hydroxylation sites is 1. The molecular formula is C35H49N10O18P. The van der Waals surface area contributed by atoms with Crippen LogP contribution in [0.2, 0.25) is 0 Å². The molecule has 2 aromatic rings. The molecule has 0 bridgehead atoms. The summed E-state index contributed by atoms with van der Waals surface area (Å²) in [6, 6.07) is -1.97. The van der Waals surface area contributed by atoms with Crippen molar-refractivity contribution in [2.45, 2.75) is 75.8 Å². The molecule has 29 heteroatoms. The van der Waals surface area contributed by atoms with Crippen molar-refractivity contribution >= 4 is 83.9 Å². The molecule has 1 aromatic heterocycles. The third-order valence-corrected chi connectivity index (χ3v) is 9.09. The molecule has 1 heterocycles. The summed E-state index contributed by atoms with van der Waals surface area (Å²) >= 11 is 0. The number of carboxylic acids is 3. The van der Waals surface area contributed by atoms with Gasteiger partial charge in [0.25, 0.3) is 0 Å². The number of H-pyrrole nitrogens is 1. The zero-order valence-corrected chi connectivity index (χ0v) is 35.0. The van der Waals surface area contributed by atoms with E-state index in [2.05, 4.69) is 30.8 Å². The van der Waals surface area contributed by atoms with Crippen LogP contribution in [0.5, 0.6) is 0 Å². The number of hydrogen-bond donors (Lipinski definition) is 15. The molecule has 28 nitrogen and oxygen atoms in total. The third kappa shape index (κ3) is 19.4. The van der Waals surface area contributed by atoms with Crippen LogP contribution in [0.25, 0.3) is 10.9 Å². The molecule has 0 fully saturated rings. The van der Waals surface area contributed by atoms with Gasteiger partial charge in [0.05, 0.1) is 38.7 Å². The van der Waals surface area contributed by atoms with E-state index in [1.165, 1.54) is 6.92 Å². The number of rotatable bonds is 27. The van der Waals surface area contributed by atoms with E-state index in [1.807, 2.05) is 45.5 Å². The van der Waals surface area contributed by atoms with E-state index in [9.17, 15) is 67.5 Å². The van der Waals surface area contributed by atoms with Gasteiger partial charge in [-0.3, -0.25) is 52.5 Å². The molecule has 0 radical (unpaired) electrons. The lowest BCUT2D eigenvalue weighted by molar-refractivity contribution is -0.143. The van der Waals surface area contributed by atoms with Crippen molar-refractivity contribution in [3.05, 3.63) is 36.0 Å². The van der Waals surface area contributed by atoms with E-state index in [4.69, 9.17) is 20.6 Å². The Balaban J connectivity index is 1.90. The standard InChI is InChI=1S/C35H49N10O18P/c1-16(41-32(55)20(36)9-18-11-37-21-6-4-3-5-19(18)21)30(53)39-12-25(46)38-13-26(47)44-23(10-29(51)52)34(57)42-17(2)31(54)45-24(15-63-64(60,61)62)33(56)40-14-27(48)43-22(35(58)59)7-8-28(49)50/h3-6,11,16-17,20,22-24,37H,7-10,12-15,36H2,1-2H3,(H,38,46)(H,39,53)(H,40,56)(H,41,55)(H,42,57)(H,43,48)(H,44,47)(H,45,54)(H,49,50)(H,51,52)(H,58,59)(H2,60,61,62)/t16-,17-,20-,22-,23-,24-/m0/s1. The van der Waals surface area contributed by atoms with Crippen LogP contribution in [0, 0.1) is 0 Å². The Kier molecular flexibility index (Phi) is 20.9. The van der Waals surface area contributed by atoms with E-state index >= 15 is 0 Å². The number of carboxylic acid groups (broad SMARTS) is 3. The number of phosphoric acid groups is 1. The summed E-state index contributed by atoms with van der Waals surface area (Å²) in [5.41, 5.74) is 7.67. The molecule has 0 aliphatic carbocycles. The maximum Gasteiger partial charge on any atom is 0.469 e. The normalized spacial score (nSPS) is 13.9. The number of aromatic amines is 1. The first kappa shape index (κ1) is 53.1. The average Bonchev–Trinajstić information content (AvgIpc) is 3.62. The smallest absolute Gasteiger partial charge is 0.469 e. The molecule has 352 valence electrons. The minimum absolute atomic E-state index is 0.158. The van der Waals surface area contributed by atoms with Crippen LogP contribution in [-0.2, 0) is 68.2 Å². The Morgan fingerprint density at radius 3 is 1.84 bits per heavy atom. The van der Waals surface area contributed by atoms with Gasteiger partial charge in [0.1, 0.15) is 30.2 Å². The summed E-state index contributed by atoms with van der Waals surface area (Å²) in [4.78, 5) is 156. The van der Waals surface area contributed by atoms with Gasteiger partial charge in [0.15, 0.2) is 0 Å². The summed E-state index contributed by atoms with van der Waals surface area (Å²) in [5, 5.41) is 45.0. The second-order valence-electron chi connectivity index (χ2n) is 13.8. The van der Waals surface area contributed by atoms with Gasteiger partial charge in [0, 0.05) is 23.5 Å². The van der Waals surface area contributed by atoms with Crippen molar-refractivity contribution in [2.75, 3.05) is 26.2 Å². The molecule has 0 aliphatic heterocycles. The number of fused-ring (bicyclic) bond motifs is 1. The van der Waals surface area contributed by atoms with Crippen LogP contribution < -0.4 is 48.3 Å². The zero-order chi connectivity index (χ0) is 48.3. The fourth-order valence-corrected chi connectivity index (χ4v) is 5.64. The Bertz CT molecular complexity index is 2130. The van der Waals surface area contributed by atoms with E-state index in [0.29, 0.717) is 0 Å². The van der Waals surface area contributed by atoms with Crippen LogP contribution in [-0.4, -0.2) is 158 Å². The van der Waals surface area contributed by atoms with Gasteiger partial charge in [-0.1, -0.05) is 18.2 Å². The first-order chi connectivity index (χ1) is 29.9. The van der Waals surface area contributed by atoms with Gasteiger partial charge in [0.2, 0.25) is 47.3 Å². The second-order valence-corrected chi connectivity index (χ2v) is 15.0. The SMILES string of the molecule is C[C@H](NC(=O)[C@H](CC(=O)O)NC(=O)CNC(=O)CNC(=O)[C@H](C)NC(=O)[C@@H](N)Cc1c[nH]c2ccccc12)C(=O)N[C@@H](COP(=O)(O)O)C(=O)NCC(=O)N[C@@H](CCC(=O)O)C(=O)O. The fraction of sp³-hybridized carbons (Fsp3) is 0.457. The van der Waals surface area contributed by atoms with Gasteiger partial charge in [-0.15, -0.1) is 0 Å². The first-order valence-corrected chi connectivity index (χ1v) is 20.4. The molecule has 0 saturated heterocycles. The highest BCUT2D eigenvalue weighted by Crippen LogP contribution is 2.35. The molecule has 0 unspecified atom stereocenters. The summed E-state index contributed by atoms with van der Waals surface area (Å²) in [7, 11) is -5.27. The van der Waals surface area contributed by atoms with Gasteiger partial charge in [-0.25, -0.2) is 9.36 Å². The summed E-state index contributed by atoms with van der Waals surface area (Å²) in [6.07, 6.45) is -0.327. The van der Waals surface area contributed by atoms with Gasteiger partial charge in [-0.2, -0.15) is 0 Å². The predicted molar refractivity (Wildman–Crippen MR) is 215 cm³/mol. The molecule has 2 rings (SSSR count). The molecule has 6 atom stereocenters. The number of amides is 8. The number of carbonyl (C=O) groups is 11. The largest absolute Gasteiger partial charge is 0.481 e. The number of nitrogens with one attached hydrogen (secondary N) is 9. The van der Waals surface area contributed by atoms with Crippen molar-refractivity contribution < 1.29 is 86.9 Å². The van der Waals surface area contributed by atoms with Crippen LogP contribution in [0.15, 0.2) is 30.5 Å². The Labute approximate surface area is 361 Å². The second kappa shape index (κ2) is 25.2. The monoisotopic (exact) mass is 928 g/mol. The fourth-order valence-electron chi connectivity index (χ4n) is 5.30. The average molecular weight is 929 g/mol. The molecule has 0 saturated carbocycles.